The summed E-state index contributed by atoms with van der Waals surface area (Å²) in [6, 6.07) is 4.97. The van der Waals surface area contributed by atoms with E-state index in [1.165, 1.54) is 19.2 Å². The Morgan fingerprint density at radius 3 is 2.37 bits per heavy atom. The Labute approximate surface area is 114 Å². The van der Waals surface area contributed by atoms with Gasteiger partial charge < -0.3 is 4.57 Å². The molecule has 0 amide bonds. The van der Waals surface area contributed by atoms with Crippen LogP contribution in [0, 0.1) is 0 Å². The topological polar surface area (TPSA) is 30.7 Å². The van der Waals surface area contributed by atoms with Gasteiger partial charge in [0.1, 0.15) is 6.33 Å². The molecule has 1 aromatic carbocycles. The summed E-state index contributed by atoms with van der Waals surface area (Å²) in [5.74, 6) is -0.807. The molecule has 3 nitrogen and oxygen atoms in total. The highest BCUT2D eigenvalue weighted by atomic mass is 79.9. The van der Waals surface area contributed by atoms with Crippen molar-refractivity contribution in [2.24, 2.45) is 7.05 Å². The van der Waals surface area contributed by atoms with Crippen molar-refractivity contribution < 1.29 is 17.6 Å². The van der Waals surface area contributed by atoms with Gasteiger partial charge >= 0.3 is 6.18 Å². The van der Waals surface area contributed by atoms with E-state index >= 15 is 0 Å². The molecule has 19 heavy (non-hydrogen) atoms. The van der Waals surface area contributed by atoms with E-state index in [1.54, 1.807) is 0 Å². The first kappa shape index (κ1) is 14.0. The minimum absolute atomic E-state index is 0.346. The molecular formula is C11H8BrF4N3. The largest absolute Gasteiger partial charge is 0.434 e. The van der Waals surface area contributed by atoms with E-state index in [0.717, 1.165) is 23.0 Å². The summed E-state index contributed by atoms with van der Waals surface area (Å²) < 4.78 is 55.6. The van der Waals surface area contributed by atoms with Crippen molar-refractivity contribution in [3.8, 4) is 0 Å². The summed E-state index contributed by atoms with van der Waals surface area (Å²) in [5.41, 5.74) is -4.26. The van der Waals surface area contributed by atoms with Gasteiger partial charge in [-0.2, -0.15) is 13.2 Å². The van der Waals surface area contributed by atoms with Gasteiger partial charge in [0.15, 0.2) is 5.82 Å². The van der Waals surface area contributed by atoms with Gasteiger partial charge in [-0.05, 0) is 12.1 Å². The number of hydrogen-bond donors (Lipinski definition) is 0. The Kier molecular flexibility index (Phi) is 3.38. The summed E-state index contributed by atoms with van der Waals surface area (Å²) in [6.45, 7) is 0. The van der Waals surface area contributed by atoms with Gasteiger partial charge in [0.2, 0.25) is 0 Å². The fourth-order valence-corrected chi connectivity index (χ4v) is 2.12. The van der Waals surface area contributed by atoms with Crippen LogP contribution < -0.4 is 0 Å². The smallest absolute Gasteiger partial charge is 0.317 e. The van der Waals surface area contributed by atoms with Crippen molar-refractivity contribution in [1.29, 1.82) is 0 Å². The number of hydrogen-bond acceptors (Lipinski definition) is 2. The monoisotopic (exact) mass is 337 g/mol. The van der Waals surface area contributed by atoms with Gasteiger partial charge in [-0.25, -0.2) is 4.39 Å². The molecule has 0 spiro atoms. The van der Waals surface area contributed by atoms with Crippen LogP contribution in [0.1, 0.15) is 11.4 Å². The predicted molar refractivity (Wildman–Crippen MR) is 63.1 cm³/mol. The van der Waals surface area contributed by atoms with E-state index in [0.29, 0.717) is 4.47 Å². The average Bonchev–Trinajstić information content (AvgIpc) is 2.73. The number of rotatable bonds is 2. The number of alkyl halides is 4. The summed E-state index contributed by atoms with van der Waals surface area (Å²) >= 11 is 3.03. The molecule has 0 aliphatic carbocycles. The highest BCUT2D eigenvalue weighted by Crippen LogP contribution is 2.47. The third-order valence-electron chi connectivity index (χ3n) is 2.63. The zero-order valence-corrected chi connectivity index (χ0v) is 11.2. The summed E-state index contributed by atoms with van der Waals surface area (Å²) in [4.78, 5) is 0. The number of benzene rings is 1. The van der Waals surface area contributed by atoms with E-state index in [4.69, 9.17) is 0 Å². The van der Waals surface area contributed by atoms with Gasteiger partial charge in [-0.3, -0.25) is 0 Å². The van der Waals surface area contributed by atoms with Crippen LogP contribution in [0.15, 0.2) is 35.1 Å². The summed E-state index contributed by atoms with van der Waals surface area (Å²) in [5, 5.41) is 6.57. The Morgan fingerprint density at radius 2 is 1.89 bits per heavy atom. The Bertz CT molecular complexity index is 596. The lowest BCUT2D eigenvalue weighted by atomic mass is 9.94. The maximum absolute atomic E-state index is 14.8. The number of nitrogens with zero attached hydrogens (tertiary/aromatic N) is 3. The van der Waals surface area contributed by atoms with Crippen LogP contribution in [0.3, 0.4) is 0 Å². The molecule has 0 N–H and O–H groups in total. The molecule has 0 saturated heterocycles. The molecule has 0 radical (unpaired) electrons. The molecule has 1 unspecified atom stereocenters. The lowest BCUT2D eigenvalue weighted by molar-refractivity contribution is -0.222. The van der Waals surface area contributed by atoms with Crippen LogP contribution in [-0.2, 0) is 12.7 Å². The third-order valence-corrected chi connectivity index (χ3v) is 3.13. The average molecular weight is 338 g/mol. The molecular weight excluding hydrogens is 330 g/mol. The van der Waals surface area contributed by atoms with Crippen molar-refractivity contribution in [3.63, 3.8) is 0 Å². The van der Waals surface area contributed by atoms with Crippen LogP contribution in [0.5, 0.6) is 0 Å². The van der Waals surface area contributed by atoms with E-state index in [-0.39, 0.29) is 0 Å². The minimum atomic E-state index is -5.14. The van der Waals surface area contributed by atoms with Crippen molar-refractivity contribution in [3.05, 3.63) is 46.5 Å². The maximum Gasteiger partial charge on any atom is 0.434 e. The Morgan fingerprint density at radius 1 is 1.21 bits per heavy atom. The molecule has 0 fully saturated rings. The molecule has 8 heteroatoms. The first-order valence-electron chi connectivity index (χ1n) is 5.13. The molecule has 102 valence electrons. The number of aromatic nitrogens is 3. The van der Waals surface area contributed by atoms with Gasteiger partial charge in [-0.15, -0.1) is 10.2 Å². The zero-order chi connectivity index (χ0) is 14.3. The van der Waals surface area contributed by atoms with Crippen LogP contribution >= 0.6 is 15.9 Å². The van der Waals surface area contributed by atoms with E-state index < -0.39 is 23.2 Å². The maximum atomic E-state index is 14.8. The molecule has 1 atom stereocenters. The molecule has 2 rings (SSSR count). The first-order chi connectivity index (χ1) is 8.76. The standard InChI is InChI=1S/C11H8BrF4N3/c1-19-6-17-18-9(19)10(13,11(14,15)16)7-3-2-4-8(12)5-7/h2-6H,1H3. The Balaban J connectivity index is 2.70. The van der Waals surface area contributed by atoms with Crippen molar-refractivity contribution in [1.82, 2.24) is 14.8 Å². The quantitative estimate of drug-likeness (QED) is 0.787. The minimum Gasteiger partial charge on any atom is -0.317 e. The van der Waals surface area contributed by atoms with E-state index in [2.05, 4.69) is 26.1 Å². The van der Waals surface area contributed by atoms with Gasteiger partial charge in [-0.1, -0.05) is 28.1 Å². The van der Waals surface area contributed by atoms with Gasteiger partial charge in [0, 0.05) is 17.1 Å². The SMILES string of the molecule is Cn1cnnc1C(F)(c1cccc(Br)c1)C(F)(F)F. The van der Waals surface area contributed by atoms with Crippen molar-refractivity contribution >= 4 is 15.9 Å². The van der Waals surface area contributed by atoms with Gasteiger partial charge in [0.05, 0.1) is 0 Å². The summed E-state index contributed by atoms with van der Waals surface area (Å²) in [6.07, 6.45) is -4.12. The zero-order valence-electron chi connectivity index (χ0n) is 9.62. The third kappa shape index (κ3) is 2.24. The second-order valence-corrected chi connectivity index (χ2v) is 4.85. The van der Waals surface area contributed by atoms with Gasteiger partial charge in [0.25, 0.3) is 5.67 Å². The summed E-state index contributed by atoms with van der Waals surface area (Å²) in [7, 11) is 1.26. The molecule has 0 aliphatic rings. The van der Waals surface area contributed by atoms with Crippen molar-refractivity contribution in [2.75, 3.05) is 0 Å². The van der Waals surface area contributed by atoms with E-state index in [1.807, 2.05) is 0 Å². The molecule has 0 saturated carbocycles. The lowest BCUT2D eigenvalue weighted by Gasteiger charge is -2.27. The van der Waals surface area contributed by atoms with Crippen molar-refractivity contribution in [2.45, 2.75) is 11.8 Å². The lowest BCUT2D eigenvalue weighted by Crippen LogP contribution is -2.41. The normalized spacial score (nSPS) is 15.3. The predicted octanol–water partition coefficient (Wildman–Crippen LogP) is 3.35. The van der Waals surface area contributed by atoms with Crippen LogP contribution in [0.25, 0.3) is 0 Å². The molecule has 0 bridgehead atoms. The number of halogens is 5. The fraction of sp³-hybridized carbons (Fsp3) is 0.273. The second-order valence-electron chi connectivity index (χ2n) is 3.93. The first-order valence-corrected chi connectivity index (χ1v) is 5.92. The Hall–Kier alpha value is -1.44. The molecule has 0 aliphatic heterocycles. The molecule has 1 aromatic heterocycles. The van der Waals surface area contributed by atoms with E-state index in [9.17, 15) is 17.6 Å². The fourth-order valence-electron chi connectivity index (χ4n) is 1.72. The molecule has 2 aromatic rings. The number of aryl methyl sites for hydroxylation is 1. The van der Waals surface area contributed by atoms with Crippen LogP contribution in [0.4, 0.5) is 17.6 Å². The van der Waals surface area contributed by atoms with Crippen LogP contribution in [0.2, 0.25) is 0 Å². The highest BCUT2D eigenvalue weighted by molar-refractivity contribution is 9.10. The molecule has 1 heterocycles. The highest BCUT2D eigenvalue weighted by Gasteiger charge is 2.61. The second kappa shape index (κ2) is 4.59. The van der Waals surface area contributed by atoms with Crippen LogP contribution in [-0.4, -0.2) is 20.9 Å².